The number of amides is 2. The van der Waals surface area contributed by atoms with Crippen LogP contribution in [-0.2, 0) is 9.59 Å². The van der Waals surface area contributed by atoms with Crippen molar-refractivity contribution in [2.24, 2.45) is 0 Å². The highest BCUT2D eigenvalue weighted by atomic mass is 16.2. The molecule has 1 aliphatic heterocycles. The Labute approximate surface area is 166 Å². The molecule has 1 saturated heterocycles. The van der Waals surface area contributed by atoms with Crippen LogP contribution in [0.4, 0.5) is 11.6 Å². The lowest BCUT2D eigenvalue weighted by molar-refractivity contribution is -0.131. The summed E-state index contributed by atoms with van der Waals surface area (Å²) in [6.45, 7) is 8.65. The van der Waals surface area contributed by atoms with Gasteiger partial charge in [-0.05, 0) is 31.5 Å². The average molecular weight is 381 g/mol. The maximum absolute atomic E-state index is 12.7. The molecule has 1 aromatic heterocycles. The van der Waals surface area contributed by atoms with Gasteiger partial charge in [0.05, 0.1) is 0 Å². The maximum atomic E-state index is 12.7. The van der Waals surface area contributed by atoms with Crippen LogP contribution in [0, 0.1) is 13.8 Å². The Morgan fingerprint density at radius 3 is 2.36 bits per heavy atom. The molecule has 28 heavy (non-hydrogen) atoms. The lowest BCUT2D eigenvalue weighted by atomic mass is 10.1. The van der Waals surface area contributed by atoms with Gasteiger partial charge in [-0.25, -0.2) is 9.97 Å². The van der Waals surface area contributed by atoms with Crippen LogP contribution in [0.15, 0.2) is 36.7 Å². The zero-order valence-electron chi connectivity index (χ0n) is 16.8. The van der Waals surface area contributed by atoms with E-state index in [1.807, 2.05) is 30.9 Å². The third kappa shape index (κ3) is 4.65. The number of hydrogen-bond donors (Lipinski definition) is 0. The minimum absolute atomic E-state index is 0.0502. The first-order valence-corrected chi connectivity index (χ1v) is 9.61. The molecule has 0 aliphatic carbocycles. The van der Waals surface area contributed by atoms with Crippen LogP contribution >= 0.6 is 0 Å². The van der Waals surface area contributed by atoms with Gasteiger partial charge < -0.3 is 14.7 Å². The van der Waals surface area contributed by atoms with Crippen LogP contribution in [0.2, 0.25) is 0 Å². The molecule has 0 bridgehead atoms. The number of aromatic nitrogens is 2. The van der Waals surface area contributed by atoms with E-state index in [1.165, 1.54) is 0 Å². The van der Waals surface area contributed by atoms with Crippen molar-refractivity contribution in [1.29, 1.82) is 0 Å². The first kappa shape index (κ1) is 19.8. The zero-order valence-corrected chi connectivity index (χ0v) is 16.8. The molecule has 0 N–H and O–H groups in total. The van der Waals surface area contributed by atoms with Gasteiger partial charge >= 0.3 is 0 Å². The largest absolute Gasteiger partial charge is 0.339 e. The molecule has 7 nitrogen and oxygen atoms in total. The van der Waals surface area contributed by atoms with E-state index in [4.69, 9.17) is 0 Å². The van der Waals surface area contributed by atoms with E-state index in [-0.39, 0.29) is 11.8 Å². The van der Waals surface area contributed by atoms with E-state index in [0.717, 1.165) is 16.8 Å². The van der Waals surface area contributed by atoms with Gasteiger partial charge in [0.25, 0.3) is 0 Å². The predicted molar refractivity (Wildman–Crippen MR) is 109 cm³/mol. The number of carbonyl (C=O) groups excluding carboxylic acids is 2. The number of piperazine rings is 1. The molecule has 1 aromatic carbocycles. The topological polar surface area (TPSA) is 69.6 Å². The van der Waals surface area contributed by atoms with Crippen molar-refractivity contribution >= 4 is 23.5 Å². The summed E-state index contributed by atoms with van der Waals surface area (Å²) in [7, 11) is 0. The summed E-state index contributed by atoms with van der Waals surface area (Å²) in [6, 6.07) is 7.79. The summed E-state index contributed by atoms with van der Waals surface area (Å²) in [5.41, 5.74) is 3.07. The van der Waals surface area contributed by atoms with Gasteiger partial charge in [-0.1, -0.05) is 17.7 Å². The Balaban J connectivity index is 1.56. The summed E-state index contributed by atoms with van der Waals surface area (Å²) in [6.07, 6.45) is 3.77. The molecule has 0 radical (unpaired) electrons. The number of anilines is 2. The SMILES string of the molecule is CC(=O)N(CCC(=O)N1CCN(c2ncccn2)CC1)c1ccc(C)cc1C. The zero-order chi connectivity index (χ0) is 20.1. The van der Waals surface area contributed by atoms with E-state index in [9.17, 15) is 9.59 Å². The molecule has 2 aromatic rings. The van der Waals surface area contributed by atoms with Crippen LogP contribution in [-0.4, -0.2) is 59.4 Å². The molecule has 148 valence electrons. The van der Waals surface area contributed by atoms with Gasteiger partial charge in [-0.15, -0.1) is 0 Å². The van der Waals surface area contributed by atoms with Gasteiger partial charge in [0.15, 0.2) is 0 Å². The molecule has 2 heterocycles. The second kappa shape index (κ2) is 8.82. The molecule has 7 heteroatoms. The number of nitrogens with zero attached hydrogens (tertiary/aromatic N) is 5. The average Bonchev–Trinajstić information content (AvgIpc) is 2.70. The Morgan fingerprint density at radius 1 is 1.07 bits per heavy atom. The third-order valence-electron chi connectivity index (χ3n) is 5.04. The fourth-order valence-electron chi connectivity index (χ4n) is 3.53. The molecular formula is C21H27N5O2. The van der Waals surface area contributed by atoms with Crippen molar-refractivity contribution < 1.29 is 9.59 Å². The minimum Gasteiger partial charge on any atom is -0.339 e. The number of benzene rings is 1. The molecule has 1 fully saturated rings. The summed E-state index contributed by atoms with van der Waals surface area (Å²) < 4.78 is 0. The van der Waals surface area contributed by atoms with Crippen molar-refractivity contribution in [3.8, 4) is 0 Å². The van der Waals surface area contributed by atoms with Crippen LogP contribution in [0.5, 0.6) is 0 Å². The fourth-order valence-corrected chi connectivity index (χ4v) is 3.53. The Hall–Kier alpha value is -2.96. The van der Waals surface area contributed by atoms with Crippen molar-refractivity contribution in [1.82, 2.24) is 14.9 Å². The fraction of sp³-hybridized carbons (Fsp3) is 0.429. The summed E-state index contributed by atoms with van der Waals surface area (Å²) in [5, 5.41) is 0. The highest BCUT2D eigenvalue weighted by Gasteiger charge is 2.23. The van der Waals surface area contributed by atoms with E-state index in [1.54, 1.807) is 30.3 Å². The van der Waals surface area contributed by atoms with E-state index < -0.39 is 0 Å². The second-order valence-corrected chi connectivity index (χ2v) is 7.13. The van der Waals surface area contributed by atoms with Crippen molar-refractivity contribution in [3.63, 3.8) is 0 Å². The van der Waals surface area contributed by atoms with Gasteiger partial charge in [0, 0.05) is 64.1 Å². The normalized spacial score (nSPS) is 14.1. The molecule has 0 atom stereocenters. The summed E-state index contributed by atoms with van der Waals surface area (Å²) >= 11 is 0. The Morgan fingerprint density at radius 2 is 1.75 bits per heavy atom. The molecule has 0 saturated carbocycles. The van der Waals surface area contributed by atoms with Crippen LogP contribution in [0.3, 0.4) is 0 Å². The Kier molecular flexibility index (Phi) is 6.23. The lowest BCUT2D eigenvalue weighted by Crippen LogP contribution is -2.49. The van der Waals surface area contributed by atoms with E-state index in [2.05, 4.69) is 20.9 Å². The number of rotatable bonds is 5. The highest BCUT2D eigenvalue weighted by Crippen LogP contribution is 2.22. The van der Waals surface area contributed by atoms with Crippen LogP contribution in [0.25, 0.3) is 0 Å². The monoisotopic (exact) mass is 381 g/mol. The van der Waals surface area contributed by atoms with E-state index >= 15 is 0 Å². The molecule has 0 unspecified atom stereocenters. The van der Waals surface area contributed by atoms with Crippen LogP contribution in [0.1, 0.15) is 24.5 Å². The molecular weight excluding hydrogens is 354 g/mol. The first-order chi connectivity index (χ1) is 13.5. The minimum atomic E-state index is -0.0502. The summed E-state index contributed by atoms with van der Waals surface area (Å²) in [5.74, 6) is 0.725. The molecule has 1 aliphatic rings. The standard InChI is InChI=1S/C21H27N5O2/c1-16-5-6-19(17(2)15-16)26(18(3)27)10-7-20(28)24-11-13-25(14-12-24)21-22-8-4-9-23-21/h4-6,8-9,15H,7,10-14H2,1-3H3. The van der Waals surface area contributed by atoms with E-state index in [0.29, 0.717) is 45.1 Å². The van der Waals surface area contributed by atoms with Crippen LogP contribution < -0.4 is 9.80 Å². The Bertz CT molecular complexity index is 832. The predicted octanol–water partition coefficient (Wildman–Crippen LogP) is 2.19. The molecule has 3 rings (SSSR count). The first-order valence-electron chi connectivity index (χ1n) is 9.61. The summed E-state index contributed by atoms with van der Waals surface area (Å²) in [4.78, 5) is 39.0. The number of carbonyl (C=O) groups is 2. The maximum Gasteiger partial charge on any atom is 0.225 e. The van der Waals surface area contributed by atoms with Gasteiger partial charge in [-0.2, -0.15) is 0 Å². The highest BCUT2D eigenvalue weighted by molar-refractivity contribution is 5.93. The van der Waals surface area contributed by atoms with Crippen molar-refractivity contribution in [2.75, 3.05) is 42.5 Å². The van der Waals surface area contributed by atoms with Gasteiger partial charge in [0.1, 0.15) is 0 Å². The van der Waals surface area contributed by atoms with Crippen molar-refractivity contribution in [3.05, 3.63) is 47.8 Å². The number of aryl methyl sites for hydroxylation is 2. The molecule has 0 spiro atoms. The number of hydrogen-bond acceptors (Lipinski definition) is 5. The molecule has 2 amide bonds. The smallest absolute Gasteiger partial charge is 0.225 e. The quantitative estimate of drug-likeness (QED) is 0.794. The van der Waals surface area contributed by atoms with Gasteiger partial charge in [0.2, 0.25) is 17.8 Å². The van der Waals surface area contributed by atoms with Crippen molar-refractivity contribution in [2.45, 2.75) is 27.2 Å². The third-order valence-corrected chi connectivity index (χ3v) is 5.04. The lowest BCUT2D eigenvalue weighted by Gasteiger charge is -2.35. The second-order valence-electron chi connectivity index (χ2n) is 7.13. The van der Waals surface area contributed by atoms with Gasteiger partial charge in [-0.3, -0.25) is 9.59 Å².